The first kappa shape index (κ1) is 29.2. The van der Waals surface area contributed by atoms with Crippen molar-refractivity contribution in [1.82, 2.24) is 25.1 Å². The predicted octanol–water partition coefficient (Wildman–Crippen LogP) is 5.21. The van der Waals surface area contributed by atoms with Crippen molar-refractivity contribution in [1.29, 1.82) is 0 Å². The second kappa shape index (κ2) is 13.1. The number of aromatic nitrogens is 2. The van der Waals surface area contributed by atoms with Crippen molar-refractivity contribution >= 4 is 5.91 Å². The molecular formula is C33H36FN5O3. The van der Waals surface area contributed by atoms with Crippen molar-refractivity contribution in [3.05, 3.63) is 102 Å². The van der Waals surface area contributed by atoms with Crippen LogP contribution in [0, 0.1) is 12.7 Å². The maximum Gasteiger partial charge on any atom is 0.238 e. The molecule has 1 fully saturated rings. The molecule has 0 radical (unpaired) electrons. The van der Waals surface area contributed by atoms with E-state index in [1.165, 1.54) is 6.07 Å². The molecule has 1 aromatic heterocycles. The summed E-state index contributed by atoms with van der Waals surface area (Å²) in [6, 6.07) is 19.8. The molecule has 1 saturated heterocycles. The van der Waals surface area contributed by atoms with Crippen LogP contribution in [0.4, 0.5) is 4.39 Å². The number of ether oxygens (including phenoxy) is 2. The van der Waals surface area contributed by atoms with Gasteiger partial charge in [-0.05, 0) is 56.3 Å². The fourth-order valence-corrected chi connectivity index (χ4v) is 5.22. The molecule has 9 heteroatoms. The number of aryl methyl sites for hydroxylation is 1. The zero-order valence-electron chi connectivity index (χ0n) is 24.4. The second-order valence-electron chi connectivity index (χ2n) is 10.6. The van der Waals surface area contributed by atoms with Crippen LogP contribution in [0.3, 0.4) is 0 Å². The molecule has 0 saturated carbocycles. The number of likely N-dealkylation sites (N-methyl/N-ethyl adjacent to an activating group) is 1. The number of piperazine rings is 1. The Hall–Kier alpha value is -4.34. The molecule has 8 nitrogen and oxygen atoms in total. The number of nitrogens with one attached hydrogen (secondary N) is 1. The number of halogens is 1. The number of nitrogens with zero attached hydrogens (tertiary/aromatic N) is 4. The van der Waals surface area contributed by atoms with Crippen LogP contribution >= 0.6 is 0 Å². The van der Waals surface area contributed by atoms with Gasteiger partial charge >= 0.3 is 0 Å². The number of rotatable bonds is 9. The Labute approximate surface area is 246 Å². The molecule has 2 heterocycles. The predicted molar refractivity (Wildman–Crippen MR) is 160 cm³/mol. The molecule has 0 bridgehead atoms. The summed E-state index contributed by atoms with van der Waals surface area (Å²) in [5.74, 6) is 1.81. The molecule has 2 unspecified atom stereocenters. The maximum absolute atomic E-state index is 15.2. The molecule has 3 aromatic carbocycles. The second-order valence-corrected chi connectivity index (χ2v) is 10.6. The average molecular weight is 570 g/mol. The number of carbonyl (C=O) groups excluding carboxylic acids is 1. The molecule has 42 heavy (non-hydrogen) atoms. The summed E-state index contributed by atoms with van der Waals surface area (Å²) in [6.45, 7) is 5.85. The quantitative estimate of drug-likeness (QED) is 0.296. The van der Waals surface area contributed by atoms with E-state index in [4.69, 9.17) is 9.47 Å². The fraction of sp³-hybridized carbons (Fsp3) is 0.303. The number of hydrogen-bond acceptors (Lipinski definition) is 7. The molecule has 5 rings (SSSR count). The standard InChI is InChI=1S/C33H36FN5O3/c1-22-8-5-11-30(41-4)31(22)42-29-10-6-9-27(34)26(29)20-39-19-23(2)38(3)28(21-39)33(40)37-18-24-12-14-25(15-13-24)32-35-16-7-17-36-32/h5-17,23,28H,18-21H2,1-4H3,(H,37,40). The number of amides is 1. The lowest BCUT2D eigenvalue weighted by Gasteiger charge is -2.43. The minimum atomic E-state index is -0.390. The molecule has 1 aliphatic heterocycles. The smallest absolute Gasteiger partial charge is 0.238 e. The Balaban J connectivity index is 1.26. The van der Waals surface area contributed by atoms with Crippen molar-refractivity contribution in [3.63, 3.8) is 0 Å². The van der Waals surface area contributed by atoms with Gasteiger partial charge in [-0.1, -0.05) is 42.5 Å². The highest BCUT2D eigenvalue weighted by Gasteiger charge is 2.34. The highest BCUT2D eigenvalue weighted by molar-refractivity contribution is 5.82. The molecular weight excluding hydrogens is 533 g/mol. The monoisotopic (exact) mass is 569 g/mol. The average Bonchev–Trinajstić information content (AvgIpc) is 3.01. The third-order valence-corrected chi connectivity index (χ3v) is 7.75. The van der Waals surface area contributed by atoms with Crippen LogP contribution in [0.15, 0.2) is 79.1 Å². The lowest BCUT2D eigenvalue weighted by Crippen LogP contribution is -2.60. The van der Waals surface area contributed by atoms with Gasteiger partial charge in [-0.25, -0.2) is 14.4 Å². The number of para-hydroxylation sites is 1. The Morgan fingerprint density at radius 1 is 1.00 bits per heavy atom. The molecule has 1 amide bonds. The molecule has 218 valence electrons. The van der Waals surface area contributed by atoms with Gasteiger partial charge in [0.25, 0.3) is 0 Å². The van der Waals surface area contributed by atoms with Gasteiger partial charge in [0, 0.05) is 55.7 Å². The summed E-state index contributed by atoms with van der Waals surface area (Å²) in [5, 5.41) is 3.09. The third-order valence-electron chi connectivity index (χ3n) is 7.75. The first-order chi connectivity index (χ1) is 20.3. The Kier molecular flexibility index (Phi) is 9.09. The van der Waals surface area contributed by atoms with Gasteiger partial charge in [0.05, 0.1) is 7.11 Å². The lowest BCUT2D eigenvalue weighted by atomic mass is 10.0. The Morgan fingerprint density at radius 3 is 2.45 bits per heavy atom. The highest BCUT2D eigenvalue weighted by Crippen LogP contribution is 2.37. The number of benzene rings is 3. The summed E-state index contributed by atoms with van der Waals surface area (Å²) in [7, 11) is 3.54. The van der Waals surface area contributed by atoms with Crippen molar-refractivity contribution < 1.29 is 18.7 Å². The van der Waals surface area contributed by atoms with Gasteiger partial charge < -0.3 is 14.8 Å². The number of carbonyl (C=O) groups is 1. The largest absolute Gasteiger partial charge is 0.493 e. The van der Waals surface area contributed by atoms with E-state index >= 15 is 4.39 Å². The van der Waals surface area contributed by atoms with Crippen molar-refractivity contribution in [2.45, 2.75) is 39.0 Å². The van der Waals surface area contributed by atoms with Crippen molar-refractivity contribution in [2.24, 2.45) is 0 Å². The summed E-state index contributed by atoms with van der Waals surface area (Å²) in [5.41, 5.74) is 3.23. The molecule has 1 N–H and O–H groups in total. The molecule has 4 aromatic rings. The molecule has 1 aliphatic rings. The van der Waals surface area contributed by atoms with E-state index in [0.717, 1.165) is 16.7 Å². The van der Waals surface area contributed by atoms with Gasteiger partial charge in [-0.3, -0.25) is 14.6 Å². The minimum Gasteiger partial charge on any atom is -0.493 e. The van der Waals surface area contributed by atoms with Crippen LogP contribution in [-0.2, 0) is 17.9 Å². The molecule has 2 atom stereocenters. The summed E-state index contributed by atoms with van der Waals surface area (Å²) in [4.78, 5) is 26.1. The number of hydrogen-bond donors (Lipinski definition) is 1. The SMILES string of the molecule is COc1cccc(C)c1Oc1cccc(F)c1CN1CC(C)N(C)C(C(=O)NCc2ccc(-c3ncccn3)cc2)C1. The van der Waals surface area contributed by atoms with Crippen LogP contribution in [0.5, 0.6) is 17.2 Å². The minimum absolute atomic E-state index is 0.0702. The fourth-order valence-electron chi connectivity index (χ4n) is 5.22. The number of methoxy groups -OCH3 is 1. The van der Waals surface area contributed by atoms with Gasteiger partial charge in [0.2, 0.25) is 5.91 Å². The van der Waals surface area contributed by atoms with E-state index in [1.807, 2.05) is 56.4 Å². The maximum atomic E-state index is 15.2. The summed E-state index contributed by atoms with van der Waals surface area (Å²) < 4.78 is 27.0. The topological polar surface area (TPSA) is 79.8 Å². The summed E-state index contributed by atoms with van der Waals surface area (Å²) in [6.07, 6.45) is 3.42. The molecule has 0 aliphatic carbocycles. The first-order valence-electron chi connectivity index (χ1n) is 14.0. The van der Waals surface area contributed by atoms with Gasteiger partial charge in [0.1, 0.15) is 17.6 Å². The van der Waals surface area contributed by atoms with Crippen molar-refractivity contribution in [3.8, 4) is 28.6 Å². The van der Waals surface area contributed by atoms with Crippen LogP contribution < -0.4 is 14.8 Å². The van der Waals surface area contributed by atoms with Crippen LogP contribution in [-0.4, -0.2) is 65.0 Å². The van der Waals surface area contributed by atoms with Gasteiger partial charge in [-0.15, -0.1) is 0 Å². The van der Waals surface area contributed by atoms with Crippen LogP contribution in [0.2, 0.25) is 0 Å². The van der Waals surface area contributed by atoms with Crippen LogP contribution in [0.1, 0.15) is 23.6 Å². The van der Waals surface area contributed by atoms with E-state index in [9.17, 15) is 4.79 Å². The van der Waals surface area contributed by atoms with E-state index in [-0.39, 0.29) is 17.8 Å². The van der Waals surface area contributed by atoms with E-state index < -0.39 is 6.04 Å². The highest BCUT2D eigenvalue weighted by atomic mass is 19.1. The third kappa shape index (κ3) is 6.58. The van der Waals surface area contributed by atoms with Gasteiger partial charge in [0.15, 0.2) is 17.3 Å². The lowest BCUT2D eigenvalue weighted by molar-refractivity contribution is -0.130. The zero-order chi connectivity index (χ0) is 29.6. The van der Waals surface area contributed by atoms with Crippen molar-refractivity contribution in [2.75, 3.05) is 27.2 Å². The summed E-state index contributed by atoms with van der Waals surface area (Å²) >= 11 is 0. The Bertz CT molecular complexity index is 1520. The first-order valence-corrected chi connectivity index (χ1v) is 14.0. The van der Waals surface area contributed by atoms with Crippen LogP contribution in [0.25, 0.3) is 11.4 Å². The molecule has 0 spiro atoms. The van der Waals surface area contributed by atoms with E-state index in [0.29, 0.717) is 54.8 Å². The van der Waals surface area contributed by atoms with E-state index in [1.54, 1.807) is 37.7 Å². The normalized spacial score (nSPS) is 17.5. The Morgan fingerprint density at radius 2 is 1.71 bits per heavy atom. The zero-order valence-corrected chi connectivity index (χ0v) is 24.4. The van der Waals surface area contributed by atoms with E-state index in [2.05, 4.69) is 32.0 Å². The van der Waals surface area contributed by atoms with Gasteiger partial charge in [-0.2, -0.15) is 0 Å².